The third-order valence-electron chi connectivity index (χ3n) is 4.54. The fourth-order valence-electron chi connectivity index (χ4n) is 2.85. The highest BCUT2D eigenvalue weighted by Gasteiger charge is 2.44. The maximum absolute atomic E-state index is 13.5. The maximum atomic E-state index is 13.5. The van der Waals surface area contributed by atoms with Crippen molar-refractivity contribution in [2.45, 2.75) is 24.7 Å². The van der Waals surface area contributed by atoms with Crippen LogP contribution in [0.2, 0.25) is 0 Å². The van der Waals surface area contributed by atoms with Gasteiger partial charge in [0.15, 0.2) is 0 Å². The Hall–Kier alpha value is -2.43. The van der Waals surface area contributed by atoms with E-state index in [0.29, 0.717) is 25.1 Å². The van der Waals surface area contributed by atoms with Crippen molar-refractivity contribution in [2.24, 2.45) is 0 Å². The fourth-order valence-corrected chi connectivity index (χ4v) is 2.85. The number of urea groups is 1. The highest BCUT2D eigenvalue weighted by Crippen LogP contribution is 2.47. The Labute approximate surface area is 140 Å². The monoisotopic (exact) mass is 330 g/mol. The van der Waals surface area contributed by atoms with E-state index < -0.39 is 0 Å². The molecule has 2 aromatic carbocycles. The molecule has 0 saturated heterocycles. The van der Waals surface area contributed by atoms with Gasteiger partial charge in [0.05, 0.1) is 0 Å². The average Bonchev–Trinajstić information content (AvgIpc) is 3.37. The molecule has 5 heteroatoms. The predicted molar refractivity (Wildman–Crippen MR) is 88.8 cm³/mol. The Balaban J connectivity index is 1.44. The van der Waals surface area contributed by atoms with E-state index in [9.17, 15) is 13.6 Å². The number of nitrogens with one attached hydrogen (secondary N) is 2. The maximum Gasteiger partial charge on any atom is 0.314 e. The van der Waals surface area contributed by atoms with Gasteiger partial charge in [-0.25, -0.2) is 13.6 Å². The second-order valence-corrected chi connectivity index (χ2v) is 6.24. The molecule has 0 aromatic heterocycles. The molecular weight excluding hydrogens is 310 g/mol. The summed E-state index contributed by atoms with van der Waals surface area (Å²) < 4.78 is 26.5. The summed E-state index contributed by atoms with van der Waals surface area (Å²) in [5.74, 6) is -0.513. The van der Waals surface area contributed by atoms with Crippen molar-refractivity contribution >= 4 is 6.03 Å². The van der Waals surface area contributed by atoms with Crippen molar-refractivity contribution in [1.29, 1.82) is 0 Å². The first-order valence-corrected chi connectivity index (χ1v) is 8.10. The predicted octanol–water partition coefficient (Wildman–Crippen LogP) is 3.54. The largest absolute Gasteiger partial charge is 0.338 e. The molecule has 0 heterocycles. The third kappa shape index (κ3) is 3.91. The summed E-state index contributed by atoms with van der Waals surface area (Å²) in [6, 6.07) is 12.7. The van der Waals surface area contributed by atoms with Gasteiger partial charge in [-0.2, -0.15) is 0 Å². The van der Waals surface area contributed by atoms with E-state index in [0.717, 1.165) is 18.4 Å². The molecule has 0 atom stereocenters. The molecule has 3 nitrogen and oxygen atoms in total. The molecule has 0 radical (unpaired) electrons. The highest BCUT2D eigenvalue weighted by molar-refractivity contribution is 5.74. The van der Waals surface area contributed by atoms with E-state index in [2.05, 4.69) is 10.6 Å². The summed E-state index contributed by atoms with van der Waals surface area (Å²) in [5.41, 5.74) is 1.56. The zero-order valence-corrected chi connectivity index (χ0v) is 13.3. The van der Waals surface area contributed by atoms with Gasteiger partial charge < -0.3 is 10.6 Å². The first-order chi connectivity index (χ1) is 11.6. The van der Waals surface area contributed by atoms with Crippen LogP contribution in [0.5, 0.6) is 0 Å². The summed E-state index contributed by atoms with van der Waals surface area (Å²) in [4.78, 5) is 11.9. The SMILES string of the molecule is O=C(NCCc1ccccc1F)NCC1(c2ccc(F)cc2)CC1. The van der Waals surface area contributed by atoms with Crippen molar-refractivity contribution in [1.82, 2.24) is 10.6 Å². The van der Waals surface area contributed by atoms with Gasteiger partial charge in [-0.05, 0) is 48.6 Å². The number of hydrogen-bond acceptors (Lipinski definition) is 1. The minimum atomic E-state index is -0.264. The lowest BCUT2D eigenvalue weighted by Gasteiger charge is -2.17. The second-order valence-electron chi connectivity index (χ2n) is 6.24. The van der Waals surface area contributed by atoms with E-state index in [1.807, 2.05) is 0 Å². The van der Waals surface area contributed by atoms with Crippen molar-refractivity contribution < 1.29 is 13.6 Å². The number of hydrogen-bond donors (Lipinski definition) is 2. The number of carbonyl (C=O) groups excluding carboxylic acids is 1. The average molecular weight is 330 g/mol. The van der Waals surface area contributed by atoms with Gasteiger partial charge in [0.1, 0.15) is 11.6 Å². The van der Waals surface area contributed by atoms with E-state index >= 15 is 0 Å². The summed E-state index contributed by atoms with van der Waals surface area (Å²) >= 11 is 0. The molecule has 1 aliphatic carbocycles. The summed E-state index contributed by atoms with van der Waals surface area (Å²) in [5, 5.41) is 5.60. The standard InChI is InChI=1S/C19H20F2N2O/c20-16-7-5-15(6-8-16)19(10-11-19)13-23-18(24)22-12-9-14-3-1-2-4-17(14)21/h1-8H,9-13H2,(H2,22,23,24). The minimum Gasteiger partial charge on any atom is -0.338 e. The van der Waals surface area contributed by atoms with Crippen molar-refractivity contribution in [2.75, 3.05) is 13.1 Å². The topological polar surface area (TPSA) is 41.1 Å². The summed E-state index contributed by atoms with van der Waals surface area (Å²) in [6.07, 6.45) is 2.41. The molecule has 1 fully saturated rings. The lowest BCUT2D eigenvalue weighted by atomic mass is 9.96. The van der Waals surface area contributed by atoms with Crippen LogP contribution in [-0.4, -0.2) is 19.1 Å². The Kier molecular flexibility index (Phi) is 4.79. The smallest absolute Gasteiger partial charge is 0.314 e. The lowest BCUT2D eigenvalue weighted by molar-refractivity contribution is 0.240. The molecule has 24 heavy (non-hydrogen) atoms. The fraction of sp³-hybridized carbons (Fsp3) is 0.316. The van der Waals surface area contributed by atoms with Gasteiger partial charge in [0.25, 0.3) is 0 Å². The van der Waals surface area contributed by atoms with Crippen LogP contribution in [0, 0.1) is 11.6 Å². The molecule has 0 unspecified atom stereocenters. The second kappa shape index (κ2) is 6.99. The highest BCUT2D eigenvalue weighted by atomic mass is 19.1. The van der Waals surface area contributed by atoms with Crippen LogP contribution in [0.15, 0.2) is 48.5 Å². The molecule has 2 N–H and O–H groups in total. The van der Waals surface area contributed by atoms with E-state index in [1.165, 1.54) is 18.2 Å². The van der Waals surface area contributed by atoms with Crippen molar-refractivity contribution in [3.63, 3.8) is 0 Å². The summed E-state index contributed by atoms with van der Waals surface area (Å²) in [7, 11) is 0. The Morgan fingerprint density at radius 1 is 1.00 bits per heavy atom. The number of carbonyl (C=O) groups is 1. The van der Waals surface area contributed by atoms with Crippen LogP contribution in [0.3, 0.4) is 0 Å². The number of benzene rings is 2. The lowest BCUT2D eigenvalue weighted by Crippen LogP contribution is -2.40. The van der Waals surface area contributed by atoms with Crippen LogP contribution >= 0.6 is 0 Å². The quantitative estimate of drug-likeness (QED) is 0.836. The third-order valence-corrected chi connectivity index (χ3v) is 4.54. The first kappa shape index (κ1) is 16.4. The zero-order chi connectivity index (χ0) is 17.0. The molecule has 1 aliphatic rings. The van der Waals surface area contributed by atoms with Gasteiger partial charge in [-0.3, -0.25) is 0 Å². The minimum absolute atomic E-state index is 0.0728. The van der Waals surface area contributed by atoms with Crippen LogP contribution in [0.4, 0.5) is 13.6 Å². The Morgan fingerprint density at radius 3 is 2.38 bits per heavy atom. The molecule has 126 valence electrons. The molecule has 0 spiro atoms. The summed E-state index contributed by atoms with van der Waals surface area (Å²) in [6.45, 7) is 0.889. The van der Waals surface area contributed by atoms with Gasteiger partial charge in [-0.1, -0.05) is 30.3 Å². The van der Waals surface area contributed by atoms with Crippen LogP contribution in [0.25, 0.3) is 0 Å². The van der Waals surface area contributed by atoms with Crippen molar-refractivity contribution in [3.05, 3.63) is 71.3 Å². The van der Waals surface area contributed by atoms with E-state index in [-0.39, 0.29) is 23.1 Å². The van der Waals surface area contributed by atoms with Gasteiger partial charge in [0.2, 0.25) is 0 Å². The zero-order valence-electron chi connectivity index (χ0n) is 13.3. The molecule has 0 bridgehead atoms. The Morgan fingerprint density at radius 2 is 1.71 bits per heavy atom. The van der Waals surface area contributed by atoms with Crippen LogP contribution in [-0.2, 0) is 11.8 Å². The first-order valence-electron chi connectivity index (χ1n) is 8.10. The molecule has 3 rings (SSSR count). The molecule has 2 amide bonds. The molecule has 2 aromatic rings. The van der Waals surface area contributed by atoms with Gasteiger partial charge in [-0.15, -0.1) is 0 Å². The van der Waals surface area contributed by atoms with E-state index in [4.69, 9.17) is 0 Å². The number of rotatable bonds is 6. The molecule has 1 saturated carbocycles. The molecular formula is C19H20F2N2O. The number of amides is 2. The van der Waals surface area contributed by atoms with Crippen molar-refractivity contribution in [3.8, 4) is 0 Å². The van der Waals surface area contributed by atoms with Gasteiger partial charge in [0, 0.05) is 18.5 Å². The van der Waals surface area contributed by atoms with Crippen LogP contribution in [0.1, 0.15) is 24.0 Å². The molecule has 0 aliphatic heterocycles. The Bertz CT molecular complexity index is 712. The van der Waals surface area contributed by atoms with Crippen LogP contribution < -0.4 is 10.6 Å². The van der Waals surface area contributed by atoms with E-state index in [1.54, 1.807) is 30.3 Å². The van der Waals surface area contributed by atoms with Gasteiger partial charge >= 0.3 is 6.03 Å². The normalized spacial score (nSPS) is 14.9. The number of halogens is 2.